The molecule has 0 radical (unpaired) electrons. The van der Waals surface area contributed by atoms with Gasteiger partial charge in [-0.25, -0.2) is 8.42 Å². The van der Waals surface area contributed by atoms with Gasteiger partial charge in [0, 0.05) is 5.75 Å². The molecule has 4 heteroatoms. The van der Waals surface area contributed by atoms with Crippen LogP contribution in [-0.4, -0.2) is 31.1 Å². The van der Waals surface area contributed by atoms with E-state index in [1.807, 2.05) is 0 Å². The number of rotatable bonds is 7. The predicted octanol–water partition coefficient (Wildman–Crippen LogP) is 2.78. The Hall–Kier alpha value is -0.0900. The molecular formula is C14H28O3S. The lowest BCUT2D eigenvalue weighted by atomic mass is 9.76. The first-order valence-electron chi connectivity index (χ1n) is 7.37. The lowest BCUT2D eigenvalue weighted by molar-refractivity contribution is 0.0416. The second kappa shape index (κ2) is 7.49. The van der Waals surface area contributed by atoms with E-state index in [2.05, 4.69) is 6.92 Å². The first-order valence-corrected chi connectivity index (χ1v) is 9.19. The Morgan fingerprint density at radius 1 is 1.17 bits per heavy atom. The molecule has 0 amide bonds. The minimum atomic E-state index is -2.84. The van der Waals surface area contributed by atoms with Crippen LogP contribution in [0.15, 0.2) is 0 Å². The predicted molar refractivity (Wildman–Crippen MR) is 75.3 cm³/mol. The van der Waals surface area contributed by atoms with Gasteiger partial charge in [-0.15, -0.1) is 0 Å². The van der Waals surface area contributed by atoms with Crippen molar-refractivity contribution in [1.29, 1.82) is 0 Å². The molecule has 3 unspecified atom stereocenters. The molecule has 1 saturated carbocycles. The summed E-state index contributed by atoms with van der Waals surface area (Å²) in [5.74, 6) is 1.58. The summed E-state index contributed by atoms with van der Waals surface area (Å²) < 4.78 is 22.9. The van der Waals surface area contributed by atoms with E-state index in [1.165, 1.54) is 12.8 Å². The highest BCUT2D eigenvalue weighted by Gasteiger charge is 2.28. The van der Waals surface area contributed by atoms with Crippen molar-refractivity contribution < 1.29 is 13.5 Å². The smallest absolute Gasteiger partial charge is 0.150 e. The molecule has 0 heterocycles. The van der Waals surface area contributed by atoms with Crippen molar-refractivity contribution in [1.82, 2.24) is 0 Å². The molecule has 18 heavy (non-hydrogen) atoms. The van der Waals surface area contributed by atoms with Gasteiger partial charge in [-0.2, -0.15) is 0 Å². The van der Waals surface area contributed by atoms with Crippen LogP contribution in [0.3, 0.4) is 0 Å². The van der Waals surface area contributed by atoms with Gasteiger partial charge in [0.1, 0.15) is 9.84 Å². The topological polar surface area (TPSA) is 54.4 Å². The Labute approximate surface area is 112 Å². The number of sulfone groups is 1. The molecule has 1 rings (SSSR count). The summed E-state index contributed by atoms with van der Waals surface area (Å²) in [6, 6.07) is 0. The minimum Gasteiger partial charge on any atom is -0.393 e. The normalized spacial score (nSPS) is 29.4. The molecule has 0 bridgehead atoms. The third-order valence-corrected chi connectivity index (χ3v) is 6.01. The molecule has 0 aliphatic heterocycles. The van der Waals surface area contributed by atoms with Gasteiger partial charge in [0.25, 0.3) is 0 Å². The third-order valence-electron chi connectivity index (χ3n) is 4.22. The molecule has 3 atom stereocenters. The molecule has 0 aromatic heterocycles. The van der Waals surface area contributed by atoms with Crippen LogP contribution in [0.2, 0.25) is 0 Å². The van der Waals surface area contributed by atoms with E-state index in [1.54, 1.807) is 6.92 Å². The molecule has 0 spiro atoms. The largest absolute Gasteiger partial charge is 0.393 e. The standard InChI is InChI=1S/C14H28O3S/c1-3-6-12-8-9-14(15)13(11-12)7-5-10-18(16,17)4-2/h12-15H,3-11H2,1-2H3. The first-order chi connectivity index (χ1) is 8.48. The summed E-state index contributed by atoms with van der Waals surface area (Å²) in [5.41, 5.74) is 0. The number of aliphatic hydroxyl groups is 1. The van der Waals surface area contributed by atoms with E-state index in [-0.39, 0.29) is 17.6 Å². The van der Waals surface area contributed by atoms with Crippen molar-refractivity contribution in [2.45, 2.75) is 64.9 Å². The number of hydrogen-bond acceptors (Lipinski definition) is 3. The van der Waals surface area contributed by atoms with Crippen LogP contribution in [0, 0.1) is 11.8 Å². The lowest BCUT2D eigenvalue weighted by Crippen LogP contribution is -2.29. The van der Waals surface area contributed by atoms with Crippen molar-refractivity contribution in [3.63, 3.8) is 0 Å². The van der Waals surface area contributed by atoms with E-state index in [0.29, 0.717) is 12.3 Å². The van der Waals surface area contributed by atoms with Gasteiger partial charge in [-0.3, -0.25) is 0 Å². The van der Waals surface area contributed by atoms with Gasteiger partial charge in [0.2, 0.25) is 0 Å². The SMILES string of the molecule is CCCC1CCC(O)C(CCCS(=O)(=O)CC)C1. The van der Waals surface area contributed by atoms with Crippen LogP contribution in [0.5, 0.6) is 0 Å². The minimum absolute atomic E-state index is 0.206. The zero-order chi connectivity index (χ0) is 13.6. The maximum atomic E-state index is 11.4. The van der Waals surface area contributed by atoms with Crippen molar-refractivity contribution in [3.8, 4) is 0 Å². The van der Waals surface area contributed by atoms with Gasteiger partial charge in [-0.1, -0.05) is 26.7 Å². The molecule has 0 aromatic rings. The van der Waals surface area contributed by atoms with Crippen LogP contribution in [0.4, 0.5) is 0 Å². The molecule has 1 aliphatic carbocycles. The third kappa shape index (κ3) is 5.27. The second-order valence-corrected chi connectivity index (χ2v) is 8.15. The molecule has 1 fully saturated rings. The van der Waals surface area contributed by atoms with E-state index in [4.69, 9.17) is 0 Å². The van der Waals surface area contributed by atoms with Gasteiger partial charge in [0.15, 0.2) is 0 Å². The lowest BCUT2D eigenvalue weighted by Gasteiger charge is -2.33. The molecule has 1 aliphatic rings. The fourth-order valence-corrected chi connectivity index (χ4v) is 3.93. The average molecular weight is 276 g/mol. The Morgan fingerprint density at radius 3 is 2.50 bits per heavy atom. The van der Waals surface area contributed by atoms with Crippen molar-refractivity contribution in [2.24, 2.45) is 11.8 Å². The summed E-state index contributed by atoms with van der Waals surface area (Å²) in [6.45, 7) is 3.90. The molecule has 0 saturated heterocycles. The number of aliphatic hydroxyl groups excluding tert-OH is 1. The Balaban J connectivity index is 2.35. The van der Waals surface area contributed by atoms with Crippen LogP contribution in [0.1, 0.15) is 58.8 Å². The van der Waals surface area contributed by atoms with E-state index < -0.39 is 9.84 Å². The maximum Gasteiger partial charge on any atom is 0.150 e. The summed E-state index contributed by atoms with van der Waals surface area (Å²) in [5, 5.41) is 9.99. The highest BCUT2D eigenvalue weighted by atomic mass is 32.2. The van der Waals surface area contributed by atoms with E-state index >= 15 is 0 Å². The summed E-state index contributed by atoms with van der Waals surface area (Å²) in [7, 11) is -2.84. The molecule has 1 N–H and O–H groups in total. The fourth-order valence-electron chi connectivity index (χ4n) is 3.04. The van der Waals surface area contributed by atoms with Gasteiger partial charge < -0.3 is 5.11 Å². The van der Waals surface area contributed by atoms with Gasteiger partial charge in [-0.05, 0) is 43.9 Å². The zero-order valence-electron chi connectivity index (χ0n) is 11.8. The fraction of sp³-hybridized carbons (Fsp3) is 1.00. The highest BCUT2D eigenvalue weighted by molar-refractivity contribution is 7.91. The highest BCUT2D eigenvalue weighted by Crippen LogP contribution is 2.34. The average Bonchev–Trinajstić information content (AvgIpc) is 2.33. The summed E-state index contributed by atoms with van der Waals surface area (Å²) in [6.07, 6.45) is 6.93. The van der Waals surface area contributed by atoms with Crippen LogP contribution in [0.25, 0.3) is 0 Å². The van der Waals surface area contributed by atoms with E-state index in [0.717, 1.165) is 31.6 Å². The Morgan fingerprint density at radius 2 is 1.89 bits per heavy atom. The van der Waals surface area contributed by atoms with Crippen LogP contribution in [-0.2, 0) is 9.84 Å². The molecule has 0 aromatic carbocycles. The quantitative estimate of drug-likeness (QED) is 0.778. The Kier molecular flexibility index (Phi) is 6.64. The summed E-state index contributed by atoms with van der Waals surface area (Å²) >= 11 is 0. The van der Waals surface area contributed by atoms with Crippen molar-refractivity contribution in [2.75, 3.05) is 11.5 Å². The monoisotopic (exact) mass is 276 g/mol. The van der Waals surface area contributed by atoms with Gasteiger partial charge >= 0.3 is 0 Å². The van der Waals surface area contributed by atoms with Crippen LogP contribution < -0.4 is 0 Å². The van der Waals surface area contributed by atoms with Crippen molar-refractivity contribution in [3.05, 3.63) is 0 Å². The van der Waals surface area contributed by atoms with E-state index in [9.17, 15) is 13.5 Å². The molecular weight excluding hydrogens is 248 g/mol. The first kappa shape index (κ1) is 16.0. The molecule has 3 nitrogen and oxygen atoms in total. The maximum absolute atomic E-state index is 11.4. The van der Waals surface area contributed by atoms with Crippen molar-refractivity contribution >= 4 is 9.84 Å². The van der Waals surface area contributed by atoms with Crippen LogP contribution >= 0.6 is 0 Å². The number of hydrogen-bond donors (Lipinski definition) is 1. The summed E-state index contributed by atoms with van der Waals surface area (Å²) in [4.78, 5) is 0. The molecule has 108 valence electrons. The van der Waals surface area contributed by atoms with Gasteiger partial charge in [0.05, 0.1) is 11.9 Å². The zero-order valence-corrected chi connectivity index (χ0v) is 12.6. The second-order valence-electron chi connectivity index (χ2n) is 5.67. The Bertz CT molecular complexity index is 324.